The van der Waals surface area contributed by atoms with Crippen LogP contribution in [0.4, 0.5) is 10.1 Å². The normalized spacial score (nSPS) is 18.1. The van der Waals surface area contributed by atoms with Crippen LogP contribution in [0.1, 0.15) is 32.7 Å². The molecule has 1 aromatic heterocycles. The maximum absolute atomic E-state index is 15.1. The second-order valence-electron chi connectivity index (χ2n) is 11.3. The van der Waals surface area contributed by atoms with E-state index in [0.717, 1.165) is 53.9 Å². The van der Waals surface area contributed by atoms with Gasteiger partial charge in [0.1, 0.15) is 11.5 Å². The minimum atomic E-state index is -1.23. The topological polar surface area (TPSA) is 104 Å². The molecule has 4 aromatic rings. The van der Waals surface area contributed by atoms with Gasteiger partial charge in [-0.1, -0.05) is 48.5 Å². The molecule has 2 amide bonds. The molecule has 0 spiro atoms. The Balaban J connectivity index is 0.00000200. The smallest absolute Gasteiger partial charge is 0.272 e. The average molecular weight is 654 g/mol. The number of para-hydroxylation sites is 2. The van der Waals surface area contributed by atoms with Gasteiger partial charge >= 0.3 is 0 Å². The second kappa shape index (κ2) is 13.7. The number of aromatic amines is 1. The zero-order valence-electron chi connectivity index (χ0n) is 24.5. The van der Waals surface area contributed by atoms with Gasteiger partial charge in [-0.2, -0.15) is 0 Å². The summed E-state index contributed by atoms with van der Waals surface area (Å²) in [7, 11) is 0. The van der Waals surface area contributed by atoms with Crippen LogP contribution >= 0.6 is 24.8 Å². The van der Waals surface area contributed by atoms with Gasteiger partial charge < -0.3 is 20.3 Å². The zero-order valence-corrected chi connectivity index (χ0v) is 26.2. The Bertz CT molecular complexity index is 1750. The van der Waals surface area contributed by atoms with Crippen LogP contribution in [0.5, 0.6) is 0 Å². The average Bonchev–Trinajstić information content (AvgIpc) is 3.60. The highest BCUT2D eigenvalue weighted by atomic mass is 35.5. The Morgan fingerprint density at radius 1 is 0.933 bits per heavy atom. The molecule has 236 valence electrons. The number of aliphatic imine (C=N–C) groups is 1. The third-order valence-corrected chi connectivity index (χ3v) is 8.71. The molecule has 0 unspecified atom stereocenters. The van der Waals surface area contributed by atoms with Crippen LogP contribution in [-0.2, 0) is 17.8 Å². The molecule has 45 heavy (non-hydrogen) atoms. The van der Waals surface area contributed by atoms with Crippen molar-refractivity contribution in [3.05, 3.63) is 100 Å². The number of aromatic nitrogens is 1. The Morgan fingerprint density at radius 3 is 2.42 bits per heavy atom. The van der Waals surface area contributed by atoms with Crippen molar-refractivity contribution in [3.8, 4) is 0 Å². The first-order valence-electron chi connectivity index (χ1n) is 14.7. The first-order valence-corrected chi connectivity index (χ1v) is 14.7. The van der Waals surface area contributed by atoms with Crippen molar-refractivity contribution in [3.63, 3.8) is 0 Å². The van der Waals surface area contributed by atoms with E-state index < -0.39 is 17.9 Å². The first-order chi connectivity index (χ1) is 21.0. The molecular weight excluding hydrogens is 618 g/mol. The third kappa shape index (κ3) is 6.08. The summed E-state index contributed by atoms with van der Waals surface area (Å²) in [6.45, 7) is 5.13. The number of aliphatic hydroxyl groups excluding tert-OH is 1. The third-order valence-electron chi connectivity index (χ3n) is 8.71. The van der Waals surface area contributed by atoms with Crippen molar-refractivity contribution in [1.82, 2.24) is 20.1 Å². The fourth-order valence-corrected chi connectivity index (χ4v) is 6.52. The first kappa shape index (κ1) is 32.6. The number of carbonyl (C=O) groups is 2. The molecule has 4 heterocycles. The lowest BCUT2D eigenvalue weighted by Gasteiger charge is -2.34. The number of rotatable bonds is 7. The van der Waals surface area contributed by atoms with E-state index in [1.807, 2.05) is 42.5 Å². The molecule has 3 N–H and O–H groups in total. The molecule has 0 bridgehead atoms. The van der Waals surface area contributed by atoms with Crippen molar-refractivity contribution >= 4 is 58.9 Å². The predicted molar refractivity (Wildman–Crippen MR) is 177 cm³/mol. The molecular formula is C33H35Cl2FN6O3. The van der Waals surface area contributed by atoms with Gasteiger partial charge in [-0.25, -0.2) is 9.38 Å². The molecule has 3 aliphatic rings. The fraction of sp³-hybridized carbons (Fsp3) is 0.303. The van der Waals surface area contributed by atoms with E-state index in [1.165, 1.54) is 6.07 Å². The van der Waals surface area contributed by atoms with Crippen molar-refractivity contribution < 1.29 is 19.1 Å². The van der Waals surface area contributed by atoms with E-state index in [2.05, 4.69) is 20.1 Å². The Hall–Kier alpha value is -3.80. The summed E-state index contributed by atoms with van der Waals surface area (Å²) in [4.78, 5) is 42.2. The molecule has 12 heteroatoms. The number of fused-ring (bicyclic) bond motifs is 1. The maximum Gasteiger partial charge on any atom is 0.272 e. The van der Waals surface area contributed by atoms with Gasteiger partial charge in [0, 0.05) is 73.4 Å². The summed E-state index contributed by atoms with van der Waals surface area (Å²) >= 11 is 0. The number of hydrogen-bond donors (Lipinski definition) is 3. The van der Waals surface area contributed by atoms with Gasteiger partial charge in [-0.15, -0.1) is 24.8 Å². The number of H-pyrrole nitrogens is 1. The van der Waals surface area contributed by atoms with Gasteiger partial charge in [0.15, 0.2) is 0 Å². The lowest BCUT2D eigenvalue weighted by Crippen LogP contribution is -2.48. The van der Waals surface area contributed by atoms with E-state index in [1.54, 1.807) is 23.1 Å². The van der Waals surface area contributed by atoms with Gasteiger partial charge in [0.2, 0.25) is 6.17 Å². The monoisotopic (exact) mass is 652 g/mol. The quantitative estimate of drug-likeness (QED) is 0.282. The van der Waals surface area contributed by atoms with Crippen LogP contribution in [0.2, 0.25) is 0 Å². The number of aliphatic hydroxyl groups is 1. The number of nitrogens with one attached hydrogen (secondary N) is 2. The minimum absolute atomic E-state index is 0. The molecule has 3 aromatic carbocycles. The summed E-state index contributed by atoms with van der Waals surface area (Å²) < 4.78 is 15.1. The highest BCUT2D eigenvalue weighted by Gasteiger charge is 2.38. The van der Waals surface area contributed by atoms with Crippen molar-refractivity contribution in [2.45, 2.75) is 19.1 Å². The maximum atomic E-state index is 15.1. The summed E-state index contributed by atoms with van der Waals surface area (Å²) in [5, 5.41) is 13.2. The molecule has 3 aliphatic heterocycles. The molecule has 1 fully saturated rings. The molecule has 1 atom stereocenters. The van der Waals surface area contributed by atoms with E-state index in [-0.39, 0.29) is 42.9 Å². The Morgan fingerprint density at radius 2 is 1.64 bits per heavy atom. The van der Waals surface area contributed by atoms with Crippen molar-refractivity contribution in [2.24, 2.45) is 4.99 Å². The standard InChI is InChI=1S/C33H33FN6O3.2ClH/c34-26-10-3-1-8-23(26)28-24-9-5-6-21-12-13-40(30(21)24)33(43)31(36-28)37-32(42)29-25(22-7-2-4-11-27(22)35-29)20-39-16-14-38(15-17-39)18-19-41;;/h1-11,31,35,41H,12-20H2,(H,37,42);2*1H/t31-;;/m1../s1. The Kier molecular flexibility index (Phi) is 9.91. The van der Waals surface area contributed by atoms with E-state index >= 15 is 4.39 Å². The van der Waals surface area contributed by atoms with Crippen LogP contribution in [0, 0.1) is 5.82 Å². The van der Waals surface area contributed by atoms with E-state index in [0.29, 0.717) is 43.0 Å². The minimum Gasteiger partial charge on any atom is -0.395 e. The van der Waals surface area contributed by atoms with Gasteiger partial charge in [0.05, 0.1) is 18.0 Å². The van der Waals surface area contributed by atoms with Crippen LogP contribution in [-0.4, -0.2) is 89.5 Å². The fourth-order valence-electron chi connectivity index (χ4n) is 6.52. The number of anilines is 1. The van der Waals surface area contributed by atoms with E-state index in [4.69, 9.17) is 4.99 Å². The number of benzene rings is 3. The summed E-state index contributed by atoms with van der Waals surface area (Å²) in [6.07, 6.45) is -0.556. The molecule has 0 saturated carbocycles. The summed E-state index contributed by atoms with van der Waals surface area (Å²) in [5.74, 6) is -1.23. The van der Waals surface area contributed by atoms with Gasteiger partial charge in [0.25, 0.3) is 11.8 Å². The number of β-amino-alcohol motifs (C(OH)–C–C–N with tert-alkyl or cyclic N) is 1. The van der Waals surface area contributed by atoms with Crippen LogP contribution < -0.4 is 10.2 Å². The number of amides is 2. The van der Waals surface area contributed by atoms with Crippen molar-refractivity contribution in [1.29, 1.82) is 0 Å². The number of piperazine rings is 1. The molecule has 7 rings (SSSR count). The zero-order chi connectivity index (χ0) is 29.5. The number of carbonyl (C=O) groups excluding carboxylic acids is 2. The van der Waals surface area contributed by atoms with Gasteiger partial charge in [-0.3, -0.25) is 19.4 Å². The second-order valence-corrected chi connectivity index (χ2v) is 11.3. The largest absolute Gasteiger partial charge is 0.395 e. The molecule has 1 saturated heterocycles. The number of nitrogens with zero attached hydrogens (tertiary/aromatic N) is 4. The van der Waals surface area contributed by atoms with Gasteiger partial charge in [-0.05, 0) is 30.2 Å². The van der Waals surface area contributed by atoms with Crippen LogP contribution in [0.25, 0.3) is 10.9 Å². The highest BCUT2D eigenvalue weighted by Crippen LogP contribution is 2.36. The van der Waals surface area contributed by atoms with Crippen molar-refractivity contribution in [2.75, 3.05) is 50.8 Å². The summed E-state index contributed by atoms with van der Waals surface area (Å²) in [5.41, 5.74) is 5.11. The number of halogens is 3. The van der Waals surface area contributed by atoms with E-state index in [9.17, 15) is 14.7 Å². The van der Waals surface area contributed by atoms with Crippen LogP contribution in [0.15, 0.2) is 71.7 Å². The molecule has 0 radical (unpaired) electrons. The Labute approximate surface area is 272 Å². The molecule has 0 aliphatic carbocycles. The number of hydrogen-bond acceptors (Lipinski definition) is 6. The molecule has 9 nitrogen and oxygen atoms in total. The van der Waals surface area contributed by atoms with Crippen LogP contribution in [0.3, 0.4) is 0 Å². The SMILES string of the molecule is Cl.Cl.O=C(N[C@H]1N=C(c2ccccc2F)c2cccc3c2N(CC3)C1=O)c1[nH]c2ccccc2c1CN1CCN(CCO)CC1. The summed E-state index contributed by atoms with van der Waals surface area (Å²) in [6, 6.07) is 19.9. The lowest BCUT2D eigenvalue weighted by atomic mass is 9.98. The highest BCUT2D eigenvalue weighted by molar-refractivity contribution is 6.21. The predicted octanol–water partition coefficient (Wildman–Crippen LogP) is 3.76. The lowest BCUT2D eigenvalue weighted by molar-refractivity contribution is -0.120.